The summed E-state index contributed by atoms with van der Waals surface area (Å²) in [6.45, 7) is 1.05. The van der Waals surface area contributed by atoms with E-state index in [0.29, 0.717) is 24.6 Å². The van der Waals surface area contributed by atoms with Gasteiger partial charge in [0.25, 0.3) is 5.91 Å². The molecule has 5 heteroatoms. The number of nitrogens with zero attached hydrogens (tertiary/aromatic N) is 1. The van der Waals surface area contributed by atoms with Crippen LogP contribution in [0.1, 0.15) is 11.3 Å². The summed E-state index contributed by atoms with van der Waals surface area (Å²) in [7, 11) is 0. The average Bonchev–Trinajstić information content (AvgIpc) is 3.20. The van der Waals surface area contributed by atoms with Crippen LogP contribution in [0.4, 0.5) is 0 Å². The quantitative estimate of drug-likeness (QED) is 0.706. The van der Waals surface area contributed by atoms with Crippen molar-refractivity contribution in [3.63, 3.8) is 0 Å². The monoisotopic (exact) mass is 349 g/mol. The molecule has 1 aliphatic rings. The highest BCUT2D eigenvalue weighted by atomic mass is 16.6. The summed E-state index contributed by atoms with van der Waals surface area (Å²) >= 11 is 0. The van der Waals surface area contributed by atoms with Crippen molar-refractivity contribution < 1.29 is 18.7 Å². The molecule has 26 heavy (non-hydrogen) atoms. The molecule has 0 saturated heterocycles. The molecule has 0 fully saturated rings. The van der Waals surface area contributed by atoms with Crippen molar-refractivity contribution in [2.24, 2.45) is 0 Å². The third-order valence-corrected chi connectivity index (χ3v) is 4.24. The molecule has 0 N–H and O–H groups in total. The van der Waals surface area contributed by atoms with E-state index >= 15 is 0 Å². The summed E-state index contributed by atoms with van der Waals surface area (Å²) in [6, 6.07) is 20.9. The van der Waals surface area contributed by atoms with Crippen LogP contribution < -0.4 is 9.47 Å². The Labute approximate surface area is 151 Å². The van der Waals surface area contributed by atoms with Gasteiger partial charge in [-0.2, -0.15) is 0 Å². The highest BCUT2D eigenvalue weighted by molar-refractivity contribution is 5.82. The Morgan fingerprint density at radius 1 is 0.923 bits per heavy atom. The van der Waals surface area contributed by atoms with Gasteiger partial charge in [0.2, 0.25) is 6.10 Å². The maximum absolute atomic E-state index is 13.1. The van der Waals surface area contributed by atoms with Crippen LogP contribution in [0, 0.1) is 0 Å². The number of carbonyl (C=O) groups excluding carboxylic acids is 1. The van der Waals surface area contributed by atoms with Gasteiger partial charge in [-0.3, -0.25) is 4.79 Å². The standard InChI is InChI=1S/C21H19NO4/c23-21(20-15-25-18-10-4-5-11-19(18)26-20)22(14-17-9-6-12-24-17)13-16-7-2-1-3-8-16/h1-12,20H,13-15H2/t20-/m1/s1. The van der Waals surface area contributed by atoms with Crippen molar-refractivity contribution in [3.8, 4) is 11.5 Å². The lowest BCUT2D eigenvalue weighted by Crippen LogP contribution is -2.45. The van der Waals surface area contributed by atoms with Crippen molar-refractivity contribution >= 4 is 5.91 Å². The van der Waals surface area contributed by atoms with E-state index in [1.54, 1.807) is 11.2 Å². The Morgan fingerprint density at radius 2 is 1.69 bits per heavy atom. The van der Waals surface area contributed by atoms with Gasteiger partial charge in [0.15, 0.2) is 11.5 Å². The summed E-state index contributed by atoms with van der Waals surface area (Å²) in [6.07, 6.45) is 0.931. The van der Waals surface area contributed by atoms with Crippen LogP contribution in [0.25, 0.3) is 0 Å². The SMILES string of the molecule is O=C([C@H]1COc2ccccc2O1)N(Cc1ccccc1)Cc1ccco1. The van der Waals surface area contributed by atoms with E-state index in [9.17, 15) is 4.79 Å². The fourth-order valence-electron chi connectivity index (χ4n) is 2.95. The summed E-state index contributed by atoms with van der Waals surface area (Å²) in [5, 5.41) is 0. The number of hydrogen-bond acceptors (Lipinski definition) is 4. The Kier molecular flexibility index (Phi) is 4.60. The predicted octanol–water partition coefficient (Wildman–Crippen LogP) is 3.65. The Balaban J connectivity index is 1.54. The normalized spacial score (nSPS) is 15.5. The highest BCUT2D eigenvalue weighted by Gasteiger charge is 2.31. The van der Waals surface area contributed by atoms with E-state index in [1.165, 1.54) is 0 Å². The molecule has 2 heterocycles. The average molecular weight is 349 g/mol. The first-order valence-corrected chi connectivity index (χ1v) is 8.53. The Bertz CT molecular complexity index is 861. The van der Waals surface area contributed by atoms with Gasteiger partial charge in [-0.25, -0.2) is 0 Å². The molecule has 3 aromatic rings. The van der Waals surface area contributed by atoms with Gasteiger partial charge in [0.05, 0.1) is 12.8 Å². The second kappa shape index (κ2) is 7.35. The number of hydrogen-bond donors (Lipinski definition) is 0. The zero-order valence-electron chi connectivity index (χ0n) is 14.2. The number of furan rings is 1. The van der Waals surface area contributed by atoms with Crippen LogP contribution in [0.5, 0.6) is 11.5 Å². The van der Waals surface area contributed by atoms with Gasteiger partial charge in [0.1, 0.15) is 12.4 Å². The largest absolute Gasteiger partial charge is 0.485 e. The first kappa shape index (κ1) is 16.3. The minimum Gasteiger partial charge on any atom is -0.485 e. The second-order valence-electron chi connectivity index (χ2n) is 6.12. The molecule has 0 bridgehead atoms. The van der Waals surface area contributed by atoms with Crippen molar-refractivity contribution in [1.82, 2.24) is 4.90 Å². The van der Waals surface area contributed by atoms with Crippen molar-refractivity contribution in [3.05, 3.63) is 84.3 Å². The number of benzene rings is 2. The van der Waals surface area contributed by atoms with Crippen LogP contribution in [0.2, 0.25) is 0 Å². The number of fused-ring (bicyclic) bond motifs is 1. The minimum absolute atomic E-state index is 0.125. The maximum Gasteiger partial charge on any atom is 0.267 e. The fourth-order valence-corrected chi connectivity index (χ4v) is 2.95. The number of ether oxygens (including phenoxy) is 2. The van der Waals surface area contributed by atoms with Gasteiger partial charge in [-0.15, -0.1) is 0 Å². The predicted molar refractivity (Wildman–Crippen MR) is 95.8 cm³/mol. The van der Waals surface area contributed by atoms with Crippen LogP contribution in [0.15, 0.2) is 77.4 Å². The maximum atomic E-state index is 13.1. The molecule has 1 aromatic heterocycles. The topological polar surface area (TPSA) is 51.9 Å². The smallest absolute Gasteiger partial charge is 0.267 e. The molecule has 1 amide bonds. The Morgan fingerprint density at radius 3 is 2.46 bits per heavy atom. The summed E-state index contributed by atoms with van der Waals surface area (Å²) < 4.78 is 17.0. The zero-order chi connectivity index (χ0) is 17.8. The third kappa shape index (κ3) is 3.57. The Hall–Kier alpha value is -3.21. The molecule has 1 atom stereocenters. The minimum atomic E-state index is -0.677. The molecule has 0 aliphatic carbocycles. The summed E-state index contributed by atoms with van der Waals surface area (Å²) in [4.78, 5) is 14.9. The van der Waals surface area contributed by atoms with E-state index in [2.05, 4.69) is 0 Å². The second-order valence-corrected chi connectivity index (χ2v) is 6.12. The lowest BCUT2D eigenvalue weighted by Gasteiger charge is -2.30. The molecule has 2 aromatic carbocycles. The van der Waals surface area contributed by atoms with Crippen molar-refractivity contribution in [2.75, 3.05) is 6.61 Å². The van der Waals surface area contributed by atoms with E-state index in [4.69, 9.17) is 13.9 Å². The van der Waals surface area contributed by atoms with Gasteiger partial charge < -0.3 is 18.8 Å². The molecule has 0 saturated carbocycles. The van der Waals surface area contributed by atoms with Crippen LogP contribution >= 0.6 is 0 Å². The molecule has 1 aliphatic heterocycles. The third-order valence-electron chi connectivity index (χ3n) is 4.24. The summed E-state index contributed by atoms with van der Waals surface area (Å²) in [5.74, 6) is 1.86. The molecule has 5 nitrogen and oxygen atoms in total. The van der Waals surface area contributed by atoms with Crippen molar-refractivity contribution in [2.45, 2.75) is 19.2 Å². The van der Waals surface area contributed by atoms with Gasteiger partial charge in [0, 0.05) is 6.54 Å². The lowest BCUT2D eigenvalue weighted by atomic mass is 10.2. The fraction of sp³-hybridized carbons (Fsp3) is 0.190. The lowest BCUT2D eigenvalue weighted by molar-refractivity contribution is -0.142. The van der Waals surface area contributed by atoms with Gasteiger partial charge in [-0.1, -0.05) is 42.5 Å². The van der Waals surface area contributed by atoms with Crippen LogP contribution in [-0.2, 0) is 17.9 Å². The van der Waals surface area contributed by atoms with E-state index in [0.717, 1.165) is 11.3 Å². The first-order chi connectivity index (χ1) is 12.8. The van der Waals surface area contributed by atoms with E-state index < -0.39 is 6.10 Å². The number of amides is 1. The molecule has 132 valence electrons. The van der Waals surface area contributed by atoms with Crippen molar-refractivity contribution in [1.29, 1.82) is 0 Å². The van der Waals surface area contributed by atoms with Gasteiger partial charge >= 0.3 is 0 Å². The molecule has 0 spiro atoms. The van der Waals surface area contributed by atoms with Crippen LogP contribution in [-0.4, -0.2) is 23.5 Å². The number of carbonyl (C=O) groups is 1. The van der Waals surface area contributed by atoms with Crippen LogP contribution in [0.3, 0.4) is 0 Å². The van der Waals surface area contributed by atoms with Gasteiger partial charge in [-0.05, 0) is 29.8 Å². The molecular weight excluding hydrogens is 330 g/mol. The molecule has 4 rings (SSSR count). The molecule has 0 unspecified atom stereocenters. The summed E-state index contributed by atoms with van der Waals surface area (Å²) in [5.41, 5.74) is 1.05. The van der Waals surface area contributed by atoms with E-state index in [-0.39, 0.29) is 12.5 Å². The first-order valence-electron chi connectivity index (χ1n) is 8.53. The molecule has 0 radical (unpaired) electrons. The number of para-hydroxylation sites is 2. The number of rotatable bonds is 5. The zero-order valence-corrected chi connectivity index (χ0v) is 14.2. The highest BCUT2D eigenvalue weighted by Crippen LogP contribution is 2.31. The van der Waals surface area contributed by atoms with E-state index in [1.807, 2.05) is 66.7 Å². The molecular formula is C21H19NO4.